The van der Waals surface area contributed by atoms with Crippen molar-refractivity contribution >= 4 is 5.96 Å². The van der Waals surface area contributed by atoms with Crippen molar-refractivity contribution in [3.8, 4) is 11.5 Å². The molecule has 1 aliphatic rings. The number of phenolic OH excluding ortho intramolecular Hbond substituents is 1. The molecule has 138 valence electrons. The van der Waals surface area contributed by atoms with E-state index in [1.165, 1.54) is 17.7 Å². The number of benzene rings is 2. The number of nitrogens with zero attached hydrogens (tertiary/aromatic N) is 2. The molecular formula is C20H24FN3O2. The molecule has 5 nitrogen and oxygen atoms in total. The Bertz CT molecular complexity index is 777. The first-order chi connectivity index (χ1) is 12.6. The van der Waals surface area contributed by atoms with Crippen molar-refractivity contribution in [1.29, 1.82) is 0 Å². The molecule has 1 fully saturated rings. The predicted octanol–water partition coefficient (Wildman–Crippen LogP) is 3.10. The Morgan fingerprint density at radius 2 is 2.08 bits per heavy atom. The van der Waals surface area contributed by atoms with Gasteiger partial charge in [-0.3, -0.25) is 4.99 Å². The summed E-state index contributed by atoms with van der Waals surface area (Å²) in [6, 6.07) is 12.6. The smallest absolute Gasteiger partial charge is 0.193 e. The molecule has 0 amide bonds. The summed E-state index contributed by atoms with van der Waals surface area (Å²) in [6.45, 7) is 2.25. The Kier molecular flexibility index (Phi) is 5.61. The highest BCUT2D eigenvalue weighted by Crippen LogP contribution is 2.28. The minimum Gasteiger partial charge on any atom is -0.505 e. The fourth-order valence-corrected chi connectivity index (χ4v) is 3.27. The van der Waals surface area contributed by atoms with Crippen molar-refractivity contribution in [2.75, 3.05) is 27.2 Å². The van der Waals surface area contributed by atoms with Gasteiger partial charge >= 0.3 is 0 Å². The standard InChI is InChI=1S/C20H24FN3O2/c1-22-20(23-12-14-3-8-19(25)18(21)11-14)24-10-9-16(13-24)15-4-6-17(26-2)7-5-15/h3-8,11,16,25H,9-10,12-13H2,1-2H3,(H,22,23). The second kappa shape index (κ2) is 8.08. The van der Waals surface area contributed by atoms with Crippen LogP contribution in [0.4, 0.5) is 4.39 Å². The number of aliphatic imine (C=N–C) groups is 1. The number of hydrogen-bond acceptors (Lipinski definition) is 3. The van der Waals surface area contributed by atoms with E-state index in [0.29, 0.717) is 12.5 Å². The van der Waals surface area contributed by atoms with Crippen molar-refractivity contribution in [2.45, 2.75) is 18.9 Å². The summed E-state index contributed by atoms with van der Waals surface area (Å²) in [5.74, 6) is 1.17. The van der Waals surface area contributed by atoms with E-state index in [0.717, 1.165) is 36.8 Å². The maximum atomic E-state index is 13.5. The maximum Gasteiger partial charge on any atom is 0.193 e. The molecule has 1 unspecified atom stereocenters. The Balaban J connectivity index is 1.59. The summed E-state index contributed by atoms with van der Waals surface area (Å²) in [5.41, 5.74) is 2.05. The third-order valence-electron chi connectivity index (χ3n) is 4.75. The lowest BCUT2D eigenvalue weighted by atomic mass is 9.98. The van der Waals surface area contributed by atoms with E-state index in [1.807, 2.05) is 12.1 Å². The van der Waals surface area contributed by atoms with Crippen LogP contribution in [0.1, 0.15) is 23.5 Å². The lowest BCUT2D eigenvalue weighted by Gasteiger charge is -2.22. The molecule has 0 aromatic heterocycles. The van der Waals surface area contributed by atoms with Gasteiger partial charge in [0.05, 0.1) is 7.11 Å². The Morgan fingerprint density at radius 3 is 2.73 bits per heavy atom. The molecule has 0 saturated carbocycles. The lowest BCUT2D eigenvalue weighted by Crippen LogP contribution is -2.39. The van der Waals surface area contributed by atoms with Crippen LogP contribution in [0.15, 0.2) is 47.5 Å². The zero-order valence-corrected chi connectivity index (χ0v) is 15.1. The molecule has 0 bridgehead atoms. The molecule has 0 spiro atoms. The van der Waals surface area contributed by atoms with E-state index >= 15 is 0 Å². The minimum atomic E-state index is -0.611. The molecule has 2 aromatic rings. The number of ether oxygens (including phenoxy) is 1. The van der Waals surface area contributed by atoms with Crippen LogP contribution in [0, 0.1) is 5.82 Å². The molecule has 1 atom stereocenters. The van der Waals surface area contributed by atoms with E-state index in [9.17, 15) is 9.50 Å². The minimum absolute atomic E-state index is 0.333. The van der Waals surface area contributed by atoms with Gasteiger partial charge in [0.15, 0.2) is 17.5 Å². The van der Waals surface area contributed by atoms with Crippen molar-refractivity contribution in [3.63, 3.8) is 0 Å². The lowest BCUT2D eigenvalue weighted by molar-refractivity contribution is 0.414. The van der Waals surface area contributed by atoms with Crippen LogP contribution in [-0.4, -0.2) is 43.2 Å². The van der Waals surface area contributed by atoms with Crippen LogP contribution in [0.3, 0.4) is 0 Å². The van der Waals surface area contributed by atoms with Crippen LogP contribution < -0.4 is 10.1 Å². The normalized spacial score (nSPS) is 17.4. The average Bonchev–Trinajstić information content (AvgIpc) is 3.15. The van der Waals surface area contributed by atoms with Crippen LogP contribution in [-0.2, 0) is 6.54 Å². The Hall–Kier alpha value is -2.76. The number of guanidine groups is 1. The Labute approximate surface area is 153 Å². The molecule has 3 rings (SSSR count). The van der Waals surface area contributed by atoms with Crippen molar-refractivity contribution in [2.24, 2.45) is 4.99 Å². The van der Waals surface area contributed by atoms with Crippen LogP contribution in [0.5, 0.6) is 11.5 Å². The van der Waals surface area contributed by atoms with Crippen LogP contribution in [0.25, 0.3) is 0 Å². The van der Waals surface area contributed by atoms with Crippen molar-refractivity contribution < 1.29 is 14.2 Å². The summed E-state index contributed by atoms with van der Waals surface area (Å²) >= 11 is 0. The number of hydrogen-bond donors (Lipinski definition) is 2. The van der Waals surface area contributed by atoms with Gasteiger partial charge in [0.25, 0.3) is 0 Å². The van der Waals surface area contributed by atoms with Gasteiger partial charge in [0.2, 0.25) is 0 Å². The number of halogens is 1. The van der Waals surface area contributed by atoms with Crippen molar-refractivity contribution in [1.82, 2.24) is 10.2 Å². The average molecular weight is 357 g/mol. The molecule has 1 heterocycles. The third kappa shape index (κ3) is 4.07. The summed E-state index contributed by atoms with van der Waals surface area (Å²) < 4.78 is 18.7. The zero-order valence-electron chi connectivity index (χ0n) is 15.1. The highest BCUT2D eigenvalue weighted by molar-refractivity contribution is 5.80. The summed E-state index contributed by atoms with van der Waals surface area (Å²) in [7, 11) is 3.42. The SMILES string of the molecule is CN=C(NCc1ccc(O)c(F)c1)N1CCC(c2ccc(OC)cc2)C1. The summed E-state index contributed by atoms with van der Waals surface area (Å²) in [4.78, 5) is 6.56. The molecule has 6 heteroatoms. The van der Waals surface area contributed by atoms with Gasteiger partial charge in [-0.25, -0.2) is 4.39 Å². The van der Waals surface area contributed by atoms with Gasteiger partial charge in [-0.05, 0) is 41.8 Å². The molecule has 2 aromatic carbocycles. The molecule has 1 aliphatic heterocycles. The molecule has 1 saturated heterocycles. The number of likely N-dealkylation sites (tertiary alicyclic amines) is 1. The molecule has 0 radical (unpaired) electrons. The summed E-state index contributed by atoms with van der Waals surface area (Å²) in [6.07, 6.45) is 1.06. The van der Waals surface area contributed by atoms with Gasteiger partial charge < -0.3 is 20.1 Å². The number of aromatic hydroxyl groups is 1. The maximum absolute atomic E-state index is 13.5. The fraction of sp³-hybridized carbons (Fsp3) is 0.350. The van der Waals surface area contributed by atoms with E-state index in [2.05, 4.69) is 27.3 Å². The van der Waals surface area contributed by atoms with Gasteiger partial charge in [-0.1, -0.05) is 18.2 Å². The second-order valence-corrected chi connectivity index (χ2v) is 6.39. The van der Waals surface area contributed by atoms with E-state index in [4.69, 9.17) is 4.74 Å². The number of methoxy groups -OCH3 is 1. The van der Waals surface area contributed by atoms with E-state index in [-0.39, 0.29) is 5.75 Å². The summed E-state index contributed by atoms with van der Waals surface area (Å²) in [5, 5.41) is 12.5. The predicted molar refractivity (Wildman–Crippen MR) is 100 cm³/mol. The first-order valence-electron chi connectivity index (χ1n) is 8.67. The first-order valence-corrected chi connectivity index (χ1v) is 8.67. The molecule has 26 heavy (non-hydrogen) atoms. The second-order valence-electron chi connectivity index (χ2n) is 6.39. The third-order valence-corrected chi connectivity index (χ3v) is 4.75. The zero-order chi connectivity index (χ0) is 18.5. The quantitative estimate of drug-likeness (QED) is 0.652. The van der Waals surface area contributed by atoms with Crippen molar-refractivity contribution in [3.05, 3.63) is 59.4 Å². The van der Waals surface area contributed by atoms with Crippen LogP contribution >= 0.6 is 0 Å². The van der Waals surface area contributed by atoms with E-state index < -0.39 is 5.82 Å². The number of nitrogens with one attached hydrogen (secondary N) is 1. The number of phenols is 1. The van der Waals surface area contributed by atoms with Gasteiger partial charge in [-0.2, -0.15) is 0 Å². The highest BCUT2D eigenvalue weighted by Gasteiger charge is 2.26. The molecule has 2 N–H and O–H groups in total. The van der Waals surface area contributed by atoms with Gasteiger partial charge in [0, 0.05) is 32.6 Å². The fourth-order valence-electron chi connectivity index (χ4n) is 3.27. The highest BCUT2D eigenvalue weighted by atomic mass is 19.1. The van der Waals surface area contributed by atoms with Gasteiger partial charge in [-0.15, -0.1) is 0 Å². The largest absolute Gasteiger partial charge is 0.505 e. The topological polar surface area (TPSA) is 57.1 Å². The number of rotatable bonds is 4. The first kappa shape index (κ1) is 18.0. The molecule has 0 aliphatic carbocycles. The van der Waals surface area contributed by atoms with Crippen LogP contribution in [0.2, 0.25) is 0 Å². The van der Waals surface area contributed by atoms with Gasteiger partial charge in [0.1, 0.15) is 5.75 Å². The Morgan fingerprint density at radius 1 is 1.31 bits per heavy atom. The molecular weight excluding hydrogens is 333 g/mol. The monoisotopic (exact) mass is 357 g/mol. The van der Waals surface area contributed by atoms with E-state index in [1.54, 1.807) is 20.2 Å².